The van der Waals surface area contributed by atoms with Crippen molar-refractivity contribution in [1.29, 1.82) is 0 Å². The highest BCUT2D eigenvalue weighted by Gasteiger charge is 2.16. The van der Waals surface area contributed by atoms with Crippen molar-refractivity contribution in [1.82, 2.24) is 4.90 Å². The monoisotopic (exact) mass is 184 g/mol. The van der Waals surface area contributed by atoms with Crippen LogP contribution in [0.1, 0.15) is 46.0 Å². The highest BCUT2D eigenvalue weighted by atomic mass is 15.1. The van der Waals surface area contributed by atoms with Crippen molar-refractivity contribution in [2.45, 2.75) is 58.0 Å². The van der Waals surface area contributed by atoms with E-state index in [1.807, 2.05) is 0 Å². The Bertz CT molecular complexity index is 126. The molecule has 1 heterocycles. The standard InChI is InChI=1S/C11H24N2/c1-10(12)9-11(2)13-7-5-3-4-6-8-13/h10-11H,3-9,12H2,1-2H3. The summed E-state index contributed by atoms with van der Waals surface area (Å²) in [7, 11) is 0. The molecular weight excluding hydrogens is 160 g/mol. The molecule has 0 aromatic heterocycles. The van der Waals surface area contributed by atoms with E-state index in [-0.39, 0.29) is 0 Å². The van der Waals surface area contributed by atoms with Crippen LogP contribution < -0.4 is 5.73 Å². The van der Waals surface area contributed by atoms with E-state index in [0.29, 0.717) is 12.1 Å². The molecule has 1 aliphatic heterocycles. The number of hydrogen-bond donors (Lipinski definition) is 1. The highest BCUT2D eigenvalue weighted by Crippen LogP contribution is 2.14. The van der Waals surface area contributed by atoms with Crippen LogP contribution in [0, 0.1) is 0 Å². The Balaban J connectivity index is 2.30. The molecule has 2 atom stereocenters. The minimum atomic E-state index is 0.346. The largest absolute Gasteiger partial charge is 0.328 e. The van der Waals surface area contributed by atoms with Crippen molar-refractivity contribution in [3.8, 4) is 0 Å². The summed E-state index contributed by atoms with van der Waals surface area (Å²) in [6.07, 6.45) is 6.73. The first-order chi connectivity index (χ1) is 6.20. The second-order valence-electron chi connectivity index (χ2n) is 4.51. The second-order valence-corrected chi connectivity index (χ2v) is 4.51. The van der Waals surface area contributed by atoms with Gasteiger partial charge in [-0.1, -0.05) is 12.8 Å². The van der Waals surface area contributed by atoms with E-state index in [2.05, 4.69) is 18.7 Å². The number of rotatable bonds is 3. The summed E-state index contributed by atoms with van der Waals surface area (Å²) in [5.74, 6) is 0. The molecule has 0 saturated carbocycles. The van der Waals surface area contributed by atoms with Gasteiger partial charge < -0.3 is 10.6 Å². The zero-order valence-corrected chi connectivity index (χ0v) is 9.13. The molecule has 0 aromatic carbocycles. The van der Waals surface area contributed by atoms with Crippen molar-refractivity contribution in [3.05, 3.63) is 0 Å². The lowest BCUT2D eigenvalue weighted by atomic mass is 10.1. The van der Waals surface area contributed by atoms with Crippen LogP contribution in [0.5, 0.6) is 0 Å². The van der Waals surface area contributed by atoms with Gasteiger partial charge in [0.05, 0.1) is 0 Å². The molecule has 78 valence electrons. The van der Waals surface area contributed by atoms with Crippen molar-refractivity contribution in [2.24, 2.45) is 5.73 Å². The predicted molar refractivity (Wildman–Crippen MR) is 57.8 cm³/mol. The number of nitrogens with zero attached hydrogens (tertiary/aromatic N) is 1. The molecule has 1 aliphatic rings. The van der Waals surface area contributed by atoms with Crippen LogP contribution >= 0.6 is 0 Å². The zero-order chi connectivity index (χ0) is 9.68. The fourth-order valence-corrected chi connectivity index (χ4v) is 2.22. The molecule has 0 spiro atoms. The van der Waals surface area contributed by atoms with Gasteiger partial charge in [-0.2, -0.15) is 0 Å². The van der Waals surface area contributed by atoms with Crippen LogP contribution in [0.15, 0.2) is 0 Å². The van der Waals surface area contributed by atoms with Gasteiger partial charge in [-0.05, 0) is 46.2 Å². The summed E-state index contributed by atoms with van der Waals surface area (Å²) in [5, 5.41) is 0. The molecule has 0 bridgehead atoms. The molecule has 0 aliphatic carbocycles. The Hall–Kier alpha value is -0.0800. The van der Waals surface area contributed by atoms with Crippen molar-refractivity contribution in [2.75, 3.05) is 13.1 Å². The quantitative estimate of drug-likeness (QED) is 0.727. The maximum absolute atomic E-state index is 5.81. The third kappa shape index (κ3) is 4.10. The molecular formula is C11H24N2. The zero-order valence-electron chi connectivity index (χ0n) is 9.13. The molecule has 2 N–H and O–H groups in total. The van der Waals surface area contributed by atoms with Crippen molar-refractivity contribution < 1.29 is 0 Å². The van der Waals surface area contributed by atoms with E-state index < -0.39 is 0 Å². The van der Waals surface area contributed by atoms with Crippen LogP contribution in [0.2, 0.25) is 0 Å². The first-order valence-electron chi connectivity index (χ1n) is 5.70. The molecule has 0 radical (unpaired) electrons. The molecule has 2 heteroatoms. The summed E-state index contributed by atoms with van der Waals surface area (Å²) in [5.41, 5.74) is 5.81. The third-order valence-electron chi connectivity index (χ3n) is 2.98. The summed E-state index contributed by atoms with van der Waals surface area (Å²) in [6.45, 7) is 6.99. The number of hydrogen-bond acceptors (Lipinski definition) is 2. The average Bonchev–Trinajstić information content (AvgIpc) is 2.29. The van der Waals surface area contributed by atoms with Crippen LogP contribution in [0.3, 0.4) is 0 Å². The molecule has 1 fully saturated rings. The van der Waals surface area contributed by atoms with Gasteiger partial charge in [-0.25, -0.2) is 0 Å². The second kappa shape index (κ2) is 5.61. The Kier molecular flexibility index (Phi) is 4.74. The van der Waals surface area contributed by atoms with Gasteiger partial charge >= 0.3 is 0 Å². The van der Waals surface area contributed by atoms with Crippen molar-refractivity contribution in [3.63, 3.8) is 0 Å². The molecule has 1 rings (SSSR count). The summed E-state index contributed by atoms with van der Waals surface area (Å²) in [6, 6.07) is 1.02. The maximum atomic E-state index is 5.81. The molecule has 0 amide bonds. The molecule has 2 nitrogen and oxygen atoms in total. The van der Waals surface area contributed by atoms with E-state index >= 15 is 0 Å². The van der Waals surface area contributed by atoms with Gasteiger partial charge in [0.15, 0.2) is 0 Å². The Morgan fingerprint density at radius 3 is 2.08 bits per heavy atom. The van der Waals surface area contributed by atoms with Crippen LogP contribution in [-0.4, -0.2) is 30.1 Å². The smallest absolute Gasteiger partial charge is 0.00815 e. The van der Waals surface area contributed by atoms with E-state index in [9.17, 15) is 0 Å². The van der Waals surface area contributed by atoms with E-state index in [1.165, 1.54) is 38.8 Å². The minimum Gasteiger partial charge on any atom is -0.328 e. The molecule has 0 aromatic rings. The van der Waals surface area contributed by atoms with E-state index in [4.69, 9.17) is 5.73 Å². The normalized spacial score (nSPS) is 25.2. The van der Waals surface area contributed by atoms with Gasteiger partial charge in [0.25, 0.3) is 0 Å². The SMILES string of the molecule is CC(N)CC(C)N1CCCCCC1. The van der Waals surface area contributed by atoms with E-state index in [0.717, 1.165) is 6.42 Å². The van der Waals surface area contributed by atoms with E-state index in [1.54, 1.807) is 0 Å². The molecule has 13 heavy (non-hydrogen) atoms. The highest BCUT2D eigenvalue weighted by molar-refractivity contribution is 4.73. The van der Waals surface area contributed by atoms with Gasteiger partial charge in [-0.3, -0.25) is 0 Å². The van der Waals surface area contributed by atoms with Crippen LogP contribution in [0.25, 0.3) is 0 Å². The summed E-state index contributed by atoms with van der Waals surface area (Å²) in [4.78, 5) is 2.61. The Morgan fingerprint density at radius 2 is 1.62 bits per heavy atom. The molecule has 1 saturated heterocycles. The van der Waals surface area contributed by atoms with Gasteiger partial charge in [0.2, 0.25) is 0 Å². The molecule has 2 unspecified atom stereocenters. The lowest BCUT2D eigenvalue weighted by molar-refractivity contribution is 0.201. The Morgan fingerprint density at radius 1 is 1.08 bits per heavy atom. The fourth-order valence-electron chi connectivity index (χ4n) is 2.22. The van der Waals surface area contributed by atoms with Gasteiger partial charge in [0, 0.05) is 12.1 Å². The topological polar surface area (TPSA) is 29.3 Å². The van der Waals surface area contributed by atoms with Gasteiger partial charge in [-0.15, -0.1) is 0 Å². The predicted octanol–water partition coefficient (Wildman–Crippen LogP) is 1.99. The van der Waals surface area contributed by atoms with Gasteiger partial charge in [0.1, 0.15) is 0 Å². The first-order valence-corrected chi connectivity index (χ1v) is 5.70. The first kappa shape index (κ1) is 11.0. The van der Waals surface area contributed by atoms with Crippen molar-refractivity contribution >= 4 is 0 Å². The Labute approximate surface area is 82.5 Å². The van der Waals surface area contributed by atoms with Crippen LogP contribution in [-0.2, 0) is 0 Å². The average molecular weight is 184 g/mol. The number of nitrogens with two attached hydrogens (primary N) is 1. The minimum absolute atomic E-state index is 0.346. The van der Waals surface area contributed by atoms with Crippen LogP contribution in [0.4, 0.5) is 0 Å². The summed E-state index contributed by atoms with van der Waals surface area (Å²) >= 11 is 0. The lowest BCUT2D eigenvalue weighted by Crippen LogP contribution is -2.37. The maximum Gasteiger partial charge on any atom is 0.00815 e. The fraction of sp³-hybridized carbons (Fsp3) is 1.00. The summed E-state index contributed by atoms with van der Waals surface area (Å²) < 4.78 is 0. The third-order valence-corrected chi connectivity index (χ3v) is 2.98. The lowest BCUT2D eigenvalue weighted by Gasteiger charge is -2.28. The number of likely N-dealkylation sites (tertiary alicyclic amines) is 1.